The Morgan fingerprint density at radius 2 is 1.69 bits per heavy atom. The molecule has 0 aliphatic rings. The molecule has 0 saturated carbocycles. The van der Waals surface area contributed by atoms with Crippen LogP contribution in [-0.2, 0) is 4.74 Å². The van der Waals surface area contributed by atoms with Crippen molar-refractivity contribution in [2.45, 2.75) is 45.1 Å². The Morgan fingerprint density at radius 3 is 2.31 bits per heavy atom. The smallest absolute Gasteiger partial charge is 0.0547 e. The molecule has 0 radical (unpaired) electrons. The first kappa shape index (κ1) is 12.9. The second-order valence-corrected chi connectivity index (χ2v) is 3.46. The van der Waals surface area contributed by atoms with Crippen LogP contribution in [0.5, 0.6) is 0 Å². The Balaban J connectivity index is 3.05. The first-order valence-corrected chi connectivity index (χ1v) is 5.33. The molecule has 3 nitrogen and oxygen atoms in total. The summed E-state index contributed by atoms with van der Waals surface area (Å²) in [7, 11) is 0. The maximum atomic E-state index is 5.55. The predicted octanol–water partition coefficient (Wildman–Crippen LogP) is 1.26. The Hall–Kier alpha value is -0.120. The van der Waals surface area contributed by atoms with Crippen LogP contribution in [0.3, 0.4) is 0 Å². The van der Waals surface area contributed by atoms with Crippen LogP contribution in [0.1, 0.15) is 39.0 Å². The van der Waals surface area contributed by atoms with Crippen LogP contribution in [0.4, 0.5) is 0 Å². The molecule has 80 valence electrons. The van der Waals surface area contributed by atoms with Gasteiger partial charge in [0.2, 0.25) is 0 Å². The van der Waals surface area contributed by atoms with Gasteiger partial charge in [0.1, 0.15) is 0 Å². The van der Waals surface area contributed by atoms with Gasteiger partial charge >= 0.3 is 0 Å². The summed E-state index contributed by atoms with van der Waals surface area (Å²) in [6, 6.07) is 0. The second kappa shape index (κ2) is 9.96. The Kier molecular flexibility index (Phi) is 9.87. The molecule has 0 rings (SSSR count). The second-order valence-electron chi connectivity index (χ2n) is 3.46. The van der Waals surface area contributed by atoms with E-state index in [0.717, 1.165) is 39.0 Å². The normalized spacial score (nSPS) is 13.2. The third-order valence-corrected chi connectivity index (χ3v) is 2.07. The highest BCUT2D eigenvalue weighted by Gasteiger charge is 2.00. The lowest BCUT2D eigenvalue weighted by molar-refractivity contribution is 0.0580. The van der Waals surface area contributed by atoms with E-state index in [-0.39, 0.29) is 0 Å². The van der Waals surface area contributed by atoms with E-state index in [1.54, 1.807) is 0 Å². The van der Waals surface area contributed by atoms with Gasteiger partial charge in [0.25, 0.3) is 0 Å². The van der Waals surface area contributed by atoms with Gasteiger partial charge in [-0.15, -0.1) is 0 Å². The van der Waals surface area contributed by atoms with Gasteiger partial charge in [-0.3, -0.25) is 0 Å². The molecule has 0 aromatic rings. The van der Waals surface area contributed by atoms with Crippen molar-refractivity contribution < 1.29 is 4.74 Å². The third kappa shape index (κ3) is 9.80. The fourth-order valence-electron chi connectivity index (χ4n) is 1.20. The molecule has 13 heavy (non-hydrogen) atoms. The molecule has 4 N–H and O–H groups in total. The zero-order chi connectivity index (χ0) is 9.94. The molecule has 0 amide bonds. The molecule has 1 atom stereocenters. The van der Waals surface area contributed by atoms with Crippen LogP contribution in [0.15, 0.2) is 0 Å². The van der Waals surface area contributed by atoms with Crippen molar-refractivity contribution in [3.8, 4) is 0 Å². The van der Waals surface area contributed by atoms with Crippen molar-refractivity contribution in [3.05, 3.63) is 0 Å². The summed E-state index contributed by atoms with van der Waals surface area (Å²) in [5.41, 5.74) is 10.8. The number of hydrogen-bond acceptors (Lipinski definition) is 3. The maximum Gasteiger partial charge on any atom is 0.0547 e. The van der Waals surface area contributed by atoms with Crippen LogP contribution in [0, 0.1) is 0 Å². The predicted molar refractivity (Wildman–Crippen MR) is 56.6 cm³/mol. The van der Waals surface area contributed by atoms with Gasteiger partial charge in [0.05, 0.1) is 6.10 Å². The minimum Gasteiger partial charge on any atom is -0.378 e. The highest BCUT2D eigenvalue weighted by atomic mass is 16.5. The topological polar surface area (TPSA) is 61.3 Å². The highest BCUT2D eigenvalue weighted by Crippen LogP contribution is 2.05. The standard InChI is InChI=1S/C10H24N2O/c1-10(13-9-5-8-12)6-3-2-4-7-11/h10H,2-9,11-12H2,1H3. The van der Waals surface area contributed by atoms with Crippen molar-refractivity contribution in [2.24, 2.45) is 11.5 Å². The Morgan fingerprint density at radius 1 is 1.00 bits per heavy atom. The van der Waals surface area contributed by atoms with Crippen molar-refractivity contribution >= 4 is 0 Å². The summed E-state index contributed by atoms with van der Waals surface area (Å²) >= 11 is 0. The molecule has 0 spiro atoms. The van der Waals surface area contributed by atoms with Gasteiger partial charge in [-0.05, 0) is 39.3 Å². The van der Waals surface area contributed by atoms with Crippen molar-refractivity contribution in [2.75, 3.05) is 19.7 Å². The summed E-state index contributed by atoms with van der Waals surface area (Å²) in [5, 5.41) is 0. The number of ether oxygens (including phenoxy) is 1. The molecule has 0 aromatic carbocycles. The molecule has 0 fully saturated rings. The number of nitrogens with two attached hydrogens (primary N) is 2. The molecule has 1 unspecified atom stereocenters. The lowest BCUT2D eigenvalue weighted by Gasteiger charge is -2.12. The minimum atomic E-state index is 0.379. The fourth-order valence-corrected chi connectivity index (χ4v) is 1.20. The third-order valence-electron chi connectivity index (χ3n) is 2.07. The number of unbranched alkanes of at least 4 members (excludes halogenated alkanes) is 2. The molecule has 0 aliphatic heterocycles. The van der Waals surface area contributed by atoms with E-state index in [0.29, 0.717) is 6.10 Å². The van der Waals surface area contributed by atoms with Crippen LogP contribution >= 0.6 is 0 Å². The first-order chi connectivity index (χ1) is 6.31. The van der Waals surface area contributed by atoms with Crippen LogP contribution in [0.25, 0.3) is 0 Å². The zero-order valence-electron chi connectivity index (χ0n) is 8.80. The maximum absolute atomic E-state index is 5.55. The molecule has 0 heterocycles. The first-order valence-electron chi connectivity index (χ1n) is 5.33. The Bertz CT molecular complexity index is 98.9. The van der Waals surface area contributed by atoms with E-state index in [1.807, 2.05) is 0 Å². The molecule has 0 aliphatic carbocycles. The summed E-state index contributed by atoms with van der Waals surface area (Å²) in [6.45, 7) is 4.45. The van der Waals surface area contributed by atoms with E-state index in [9.17, 15) is 0 Å². The molecule has 0 saturated heterocycles. The largest absolute Gasteiger partial charge is 0.378 e. The van der Waals surface area contributed by atoms with E-state index in [1.165, 1.54) is 12.8 Å². The minimum absolute atomic E-state index is 0.379. The molecular weight excluding hydrogens is 164 g/mol. The monoisotopic (exact) mass is 188 g/mol. The molecule has 3 heteroatoms. The quantitative estimate of drug-likeness (QED) is 0.535. The van der Waals surface area contributed by atoms with Crippen LogP contribution < -0.4 is 11.5 Å². The van der Waals surface area contributed by atoms with Crippen molar-refractivity contribution in [1.29, 1.82) is 0 Å². The van der Waals surface area contributed by atoms with Gasteiger partial charge in [0, 0.05) is 6.61 Å². The van der Waals surface area contributed by atoms with E-state index >= 15 is 0 Å². The summed E-state index contributed by atoms with van der Waals surface area (Å²) in [4.78, 5) is 0. The van der Waals surface area contributed by atoms with Gasteiger partial charge < -0.3 is 16.2 Å². The summed E-state index contributed by atoms with van der Waals surface area (Å²) in [5.74, 6) is 0. The van der Waals surface area contributed by atoms with Gasteiger partial charge in [-0.25, -0.2) is 0 Å². The average Bonchev–Trinajstić information content (AvgIpc) is 2.13. The van der Waals surface area contributed by atoms with Gasteiger partial charge in [-0.1, -0.05) is 12.8 Å². The summed E-state index contributed by atoms with van der Waals surface area (Å²) in [6.07, 6.45) is 6.07. The van der Waals surface area contributed by atoms with Gasteiger partial charge in [0.15, 0.2) is 0 Å². The zero-order valence-corrected chi connectivity index (χ0v) is 8.80. The van der Waals surface area contributed by atoms with E-state index < -0.39 is 0 Å². The van der Waals surface area contributed by atoms with Crippen molar-refractivity contribution in [1.82, 2.24) is 0 Å². The lowest BCUT2D eigenvalue weighted by Crippen LogP contribution is -2.12. The van der Waals surface area contributed by atoms with Crippen molar-refractivity contribution in [3.63, 3.8) is 0 Å². The number of hydrogen-bond donors (Lipinski definition) is 2. The lowest BCUT2D eigenvalue weighted by atomic mass is 10.1. The fraction of sp³-hybridized carbons (Fsp3) is 1.00. The molecule has 0 aromatic heterocycles. The Labute approximate surface area is 81.8 Å². The number of rotatable bonds is 9. The van der Waals surface area contributed by atoms with E-state index in [2.05, 4.69) is 6.92 Å². The van der Waals surface area contributed by atoms with Crippen LogP contribution in [-0.4, -0.2) is 25.8 Å². The van der Waals surface area contributed by atoms with Crippen LogP contribution in [0.2, 0.25) is 0 Å². The van der Waals surface area contributed by atoms with E-state index in [4.69, 9.17) is 16.2 Å². The average molecular weight is 188 g/mol. The summed E-state index contributed by atoms with van der Waals surface area (Å²) < 4.78 is 5.55. The SMILES string of the molecule is CC(CCCCCN)OCCCN. The highest BCUT2D eigenvalue weighted by molar-refractivity contribution is 4.52. The van der Waals surface area contributed by atoms with Gasteiger partial charge in [-0.2, -0.15) is 0 Å². The molecule has 0 bridgehead atoms. The molecular formula is C10H24N2O.